The highest BCUT2D eigenvalue weighted by Gasteiger charge is 2.36. The van der Waals surface area contributed by atoms with Gasteiger partial charge in [0.25, 0.3) is 0 Å². The maximum absolute atomic E-state index is 11.8. The Kier molecular flexibility index (Phi) is 3.69. The average Bonchev–Trinajstić information content (AvgIpc) is 2.87. The Morgan fingerprint density at radius 2 is 2.14 bits per heavy atom. The van der Waals surface area contributed by atoms with Gasteiger partial charge in [-0.1, -0.05) is 13.8 Å². The van der Waals surface area contributed by atoms with Crippen LogP contribution in [0.4, 0.5) is 11.6 Å². The molecule has 0 spiro atoms. The number of carbonyl (C=O) groups excluding carboxylic acids is 1. The van der Waals surface area contributed by atoms with E-state index in [4.69, 9.17) is 0 Å². The zero-order valence-corrected chi connectivity index (χ0v) is 13.0. The van der Waals surface area contributed by atoms with Gasteiger partial charge in [0, 0.05) is 44.7 Å². The first-order valence-corrected chi connectivity index (χ1v) is 7.69. The number of hydrogen-bond donors (Lipinski definition) is 1. The van der Waals surface area contributed by atoms with Crippen LogP contribution in [0.25, 0.3) is 0 Å². The third kappa shape index (κ3) is 2.43. The van der Waals surface area contributed by atoms with Crippen molar-refractivity contribution in [3.63, 3.8) is 0 Å². The number of anilines is 2. The van der Waals surface area contributed by atoms with E-state index in [0.29, 0.717) is 24.3 Å². The third-order valence-electron chi connectivity index (χ3n) is 4.47. The predicted octanol–water partition coefficient (Wildman–Crippen LogP) is 1.45. The van der Waals surface area contributed by atoms with E-state index < -0.39 is 0 Å². The molecule has 1 amide bonds. The average molecular weight is 289 g/mol. The van der Waals surface area contributed by atoms with E-state index in [-0.39, 0.29) is 0 Å². The van der Waals surface area contributed by atoms with E-state index >= 15 is 0 Å². The van der Waals surface area contributed by atoms with Crippen LogP contribution in [0.1, 0.15) is 38.2 Å². The monoisotopic (exact) mass is 289 g/mol. The van der Waals surface area contributed by atoms with Gasteiger partial charge in [-0.2, -0.15) is 0 Å². The van der Waals surface area contributed by atoms with Gasteiger partial charge >= 0.3 is 0 Å². The number of carbonyl (C=O) groups is 1. The maximum Gasteiger partial charge on any atom is 0.223 e. The summed E-state index contributed by atoms with van der Waals surface area (Å²) in [7, 11) is 1.89. The van der Waals surface area contributed by atoms with E-state index in [1.165, 1.54) is 0 Å². The predicted molar refractivity (Wildman–Crippen MR) is 82.6 cm³/mol. The molecular formula is C15H23N5O. The summed E-state index contributed by atoms with van der Waals surface area (Å²) in [6.45, 7) is 6.87. The van der Waals surface area contributed by atoms with Crippen LogP contribution < -0.4 is 10.2 Å². The van der Waals surface area contributed by atoms with Crippen molar-refractivity contribution in [2.24, 2.45) is 0 Å². The molecule has 114 valence electrons. The van der Waals surface area contributed by atoms with Crippen LogP contribution in [-0.4, -0.2) is 53.5 Å². The van der Waals surface area contributed by atoms with Gasteiger partial charge in [-0.3, -0.25) is 4.79 Å². The van der Waals surface area contributed by atoms with Gasteiger partial charge in [0.1, 0.15) is 18.0 Å². The fraction of sp³-hybridized carbons (Fsp3) is 0.667. The van der Waals surface area contributed by atoms with E-state index in [2.05, 4.69) is 34.0 Å². The molecule has 1 atom stereocenters. The van der Waals surface area contributed by atoms with Gasteiger partial charge in [-0.25, -0.2) is 9.97 Å². The molecule has 2 saturated heterocycles. The molecule has 2 aliphatic heterocycles. The first kappa shape index (κ1) is 14.1. The van der Waals surface area contributed by atoms with Crippen LogP contribution in [-0.2, 0) is 4.79 Å². The molecule has 3 heterocycles. The molecule has 6 heteroatoms. The Hall–Kier alpha value is -1.85. The van der Waals surface area contributed by atoms with Gasteiger partial charge in [0.05, 0.1) is 0 Å². The van der Waals surface area contributed by atoms with Crippen molar-refractivity contribution in [3.8, 4) is 0 Å². The second-order valence-corrected chi connectivity index (χ2v) is 6.09. The Bertz CT molecular complexity index is 545. The second-order valence-electron chi connectivity index (χ2n) is 6.09. The fourth-order valence-electron chi connectivity index (χ4n) is 3.43. The minimum atomic E-state index is 0.308. The molecule has 2 fully saturated rings. The van der Waals surface area contributed by atoms with Gasteiger partial charge in [0.15, 0.2) is 0 Å². The zero-order chi connectivity index (χ0) is 15.0. The highest BCUT2D eigenvalue weighted by Crippen LogP contribution is 2.33. The van der Waals surface area contributed by atoms with Crippen LogP contribution in [0.3, 0.4) is 0 Å². The number of fused-ring (bicyclic) bond motifs is 1. The second kappa shape index (κ2) is 5.50. The summed E-state index contributed by atoms with van der Waals surface area (Å²) in [4.78, 5) is 25.0. The molecule has 1 aromatic heterocycles. The van der Waals surface area contributed by atoms with Crippen molar-refractivity contribution in [1.29, 1.82) is 0 Å². The largest absolute Gasteiger partial charge is 0.373 e. The normalized spacial score (nSPS) is 21.9. The van der Waals surface area contributed by atoms with Gasteiger partial charge in [-0.15, -0.1) is 0 Å². The molecule has 0 aromatic carbocycles. The first-order chi connectivity index (χ1) is 10.1. The summed E-state index contributed by atoms with van der Waals surface area (Å²) in [6.07, 6.45) is 3.29. The fourth-order valence-corrected chi connectivity index (χ4v) is 3.43. The first-order valence-electron chi connectivity index (χ1n) is 7.69. The molecule has 0 bridgehead atoms. The summed E-state index contributed by atoms with van der Waals surface area (Å²) >= 11 is 0. The lowest BCUT2D eigenvalue weighted by Crippen LogP contribution is -2.52. The van der Waals surface area contributed by atoms with E-state index in [9.17, 15) is 4.79 Å². The van der Waals surface area contributed by atoms with Crippen LogP contribution in [0.5, 0.6) is 0 Å². The smallest absolute Gasteiger partial charge is 0.223 e. The Morgan fingerprint density at radius 3 is 2.86 bits per heavy atom. The molecule has 0 saturated carbocycles. The standard InChI is InChI=1S/C15H23N5O/c1-10(2)13-14(16-3)17-9-18-15(13)19-6-7-20-11(8-19)4-5-12(20)21/h9-11H,4-8H2,1-3H3,(H,16,17,18). The molecule has 6 nitrogen and oxygen atoms in total. The van der Waals surface area contributed by atoms with Crippen LogP contribution >= 0.6 is 0 Å². The number of hydrogen-bond acceptors (Lipinski definition) is 5. The zero-order valence-electron chi connectivity index (χ0n) is 13.0. The minimum absolute atomic E-state index is 0.308. The number of piperazine rings is 1. The van der Waals surface area contributed by atoms with E-state index in [0.717, 1.165) is 43.3 Å². The van der Waals surface area contributed by atoms with Crippen molar-refractivity contribution in [3.05, 3.63) is 11.9 Å². The van der Waals surface area contributed by atoms with Crippen molar-refractivity contribution in [1.82, 2.24) is 14.9 Å². The molecule has 2 aliphatic rings. The molecule has 1 aromatic rings. The van der Waals surface area contributed by atoms with Crippen molar-refractivity contribution >= 4 is 17.5 Å². The number of nitrogens with zero attached hydrogens (tertiary/aromatic N) is 4. The molecule has 0 aliphatic carbocycles. The summed E-state index contributed by atoms with van der Waals surface area (Å²) < 4.78 is 0. The summed E-state index contributed by atoms with van der Waals surface area (Å²) in [5.74, 6) is 2.58. The number of amides is 1. The van der Waals surface area contributed by atoms with Crippen LogP contribution in [0.2, 0.25) is 0 Å². The van der Waals surface area contributed by atoms with Crippen LogP contribution in [0.15, 0.2) is 6.33 Å². The molecule has 1 N–H and O–H groups in total. The Labute approximate surface area is 125 Å². The topological polar surface area (TPSA) is 61.4 Å². The van der Waals surface area contributed by atoms with E-state index in [1.54, 1.807) is 6.33 Å². The number of aromatic nitrogens is 2. The molecule has 21 heavy (non-hydrogen) atoms. The van der Waals surface area contributed by atoms with Crippen molar-refractivity contribution in [2.45, 2.75) is 38.6 Å². The summed E-state index contributed by atoms with van der Waals surface area (Å²) in [5, 5.41) is 3.17. The lowest BCUT2D eigenvalue weighted by atomic mass is 10.0. The highest BCUT2D eigenvalue weighted by atomic mass is 16.2. The van der Waals surface area contributed by atoms with Crippen molar-refractivity contribution < 1.29 is 4.79 Å². The van der Waals surface area contributed by atoms with Gasteiger partial charge in [0.2, 0.25) is 5.91 Å². The van der Waals surface area contributed by atoms with E-state index in [1.807, 2.05) is 11.9 Å². The summed E-state index contributed by atoms with van der Waals surface area (Å²) in [5.41, 5.74) is 1.16. The molecule has 0 radical (unpaired) electrons. The SMILES string of the molecule is CNc1ncnc(N2CCN3C(=O)CCC3C2)c1C(C)C. The quantitative estimate of drug-likeness (QED) is 0.912. The molecular weight excluding hydrogens is 266 g/mol. The lowest BCUT2D eigenvalue weighted by Gasteiger charge is -2.39. The summed E-state index contributed by atoms with van der Waals surface area (Å²) in [6, 6.07) is 0.347. The number of rotatable bonds is 3. The van der Waals surface area contributed by atoms with Gasteiger partial charge in [-0.05, 0) is 12.3 Å². The lowest BCUT2D eigenvalue weighted by molar-refractivity contribution is -0.129. The molecule has 3 rings (SSSR count). The molecule has 1 unspecified atom stereocenters. The van der Waals surface area contributed by atoms with Gasteiger partial charge < -0.3 is 15.1 Å². The highest BCUT2D eigenvalue weighted by molar-refractivity contribution is 5.79. The Balaban J connectivity index is 1.89. The van der Waals surface area contributed by atoms with Crippen molar-refractivity contribution in [2.75, 3.05) is 36.9 Å². The minimum Gasteiger partial charge on any atom is -0.373 e. The maximum atomic E-state index is 11.8. The third-order valence-corrected chi connectivity index (χ3v) is 4.47. The Morgan fingerprint density at radius 1 is 1.33 bits per heavy atom. The number of nitrogens with one attached hydrogen (secondary N) is 1. The van der Waals surface area contributed by atoms with Crippen LogP contribution in [0, 0.1) is 0 Å².